The number of benzene rings is 1. The summed E-state index contributed by atoms with van der Waals surface area (Å²) in [7, 11) is 1.43. The summed E-state index contributed by atoms with van der Waals surface area (Å²) in [6.45, 7) is 10.7. The van der Waals surface area contributed by atoms with Gasteiger partial charge in [0, 0.05) is 16.7 Å². The number of carbonyl (C=O) groups excluding carboxylic acids is 1. The molecule has 1 aromatic rings. The molecule has 0 heterocycles. The van der Waals surface area contributed by atoms with Gasteiger partial charge in [-0.15, -0.1) is 11.8 Å². The number of carbonyl (C=O) groups is 1. The van der Waals surface area contributed by atoms with Gasteiger partial charge in [0.25, 0.3) is 0 Å². The minimum absolute atomic E-state index is 0.164. The lowest BCUT2D eigenvalue weighted by Crippen LogP contribution is -2.43. The Balaban J connectivity index is 2.65. The highest BCUT2D eigenvalue weighted by molar-refractivity contribution is 7.99. The van der Waals surface area contributed by atoms with Crippen LogP contribution in [0.2, 0.25) is 0 Å². The molecule has 1 N–H and O–H groups in total. The lowest BCUT2D eigenvalue weighted by molar-refractivity contribution is -0.142. The third kappa shape index (κ3) is 6.10. The molecule has 0 radical (unpaired) electrons. The van der Waals surface area contributed by atoms with Crippen molar-refractivity contribution in [1.29, 1.82) is 0 Å². The van der Waals surface area contributed by atoms with Crippen molar-refractivity contribution in [2.45, 2.75) is 57.0 Å². The molecule has 0 aliphatic rings. The summed E-state index contributed by atoms with van der Waals surface area (Å²) in [4.78, 5) is 12.9. The van der Waals surface area contributed by atoms with E-state index in [1.807, 2.05) is 13.8 Å². The highest BCUT2D eigenvalue weighted by Gasteiger charge is 2.20. The quantitative estimate of drug-likeness (QED) is 0.643. The van der Waals surface area contributed by atoms with Crippen LogP contribution in [0.1, 0.15) is 40.2 Å². The van der Waals surface area contributed by atoms with Crippen molar-refractivity contribution in [3.63, 3.8) is 0 Å². The van der Waals surface area contributed by atoms with Crippen molar-refractivity contribution in [2.75, 3.05) is 12.9 Å². The van der Waals surface area contributed by atoms with Crippen molar-refractivity contribution in [3.05, 3.63) is 29.8 Å². The van der Waals surface area contributed by atoms with Gasteiger partial charge in [-0.25, -0.2) is 0 Å². The molecule has 0 fully saturated rings. The summed E-state index contributed by atoms with van der Waals surface area (Å²) in [6, 6.07) is 8.53. The number of esters is 1. The molecule has 0 aromatic heterocycles. The molecule has 0 bridgehead atoms. The van der Waals surface area contributed by atoms with E-state index in [2.05, 4.69) is 50.4 Å². The van der Waals surface area contributed by atoms with Crippen LogP contribution in [0.3, 0.4) is 0 Å². The molecule has 3 nitrogen and oxygen atoms in total. The first-order valence-electron chi connectivity index (χ1n) is 7.31. The van der Waals surface area contributed by atoms with E-state index in [0.717, 1.165) is 0 Å². The van der Waals surface area contributed by atoms with E-state index in [1.165, 1.54) is 17.6 Å². The van der Waals surface area contributed by atoms with Gasteiger partial charge in [0.05, 0.1) is 7.11 Å². The summed E-state index contributed by atoms with van der Waals surface area (Å²) in [5, 5.41) is 3.24. The Morgan fingerprint density at radius 2 is 1.81 bits per heavy atom. The van der Waals surface area contributed by atoms with Crippen molar-refractivity contribution < 1.29 is 9.53 Å². The van der Waals surface area contributed by atoms with Crippen LogP contribution in [-0.2, 0) is 14.9 Å². The number of ether oxygens (including phenoxy) is 1. The van der Waals surface area contributed by atoms with E-state index in [-0.39, 0.29) is 23.5 Å². The Hall–Kier alpha value is -1.00. The Morgan fingerprint density at radius 3 is 2.24 bits per heavy atom. The Morgan fingerprint density at radius 1 is 1.24 bits per heavy atom. The maximum Gasteiger partial charge on any atom is 0.323 e. The molecule has 21 heavy (non-hydrogen) atoms. The molecular weight excluding hydrogens is 282 g/mol. The maximum absolute atomic E-state index is 11.8. The van der Waals surface area contributed by atoms with Gasteiger partial charge in [-0.2, -0.15) is 0 Å². The van der Waals surface area contributed by atoms with E-state index < -0.39 is 0 Å². The van der Waals surface area contributed by atoms with Crippen molar-refractivity contribution >= 4 is 17.7 Å². The van der Waals surface area contributed by atoms with Gasteiger partial charge in [-0.1, -0.05) is 46.8 Å². The maximum atomic E-state index is 11.8. The van der Waals surface area contributed by atoms with Crippen LogP contribution in [0.5, 0.6) is 0 Å². The van der Waals surface area contributed by atoms with Crippen LogP contribution in [0.15, 0.2) is 29.2 Å². The van der Waals surface area contributed by atoms with E-state index in [9.17, 15) is 4.79 Å². The predicted octanol–water partition coefficient (Wildman–Crippen LogP) is 3.62. The normalized spacial score (nSPS) is 13.3. The standard InChI is InChI=1S/C17H27NO2S/c1-12(2)18-15(16(19)20-6)11-21-14-9-7-13(8-10-14)17(3,4)5/h7-10,12,15,18H,11H2,1-6H3. The fourth-order valence-corrected chi connectivity index (χ4v) is 2.88. The molecular formula is C17H27NO2S. The second-order valence-electron chi connectivity index (χ2n) is 6.48. The van der Waals surface area contributed by atoms with E-state index in [4.69, 9.17) is 4.74 Å². The molecule has 0 saturated carbocycles. The van der Waals surface area contributed by atoms with Crippen molar-refractivity contribution in [2.24, 2.45) is 0 Å². The first kappa shape index (κ1) is 18.1. The number of nitrogens with one attached hydrogen (secondary N) is 1. The molecule has 0 spiro atoms. The molecule has 118 valence electrons. The smallest absolute Gasteiger partial charge is 0.323 e. The molecule has 1 atom stereocenters. The first-order chi connectivity index (χ1) is 9.74. The third-order valence-electron chi connectivity index (χ3n) is 3.16. The first-order valence-corrected chi connectivity index (χ1v) is 8.30. The molecule has 1 aromatic carbocycles. The van der Waals surface area contributed by atoms with Crippen LogP contribution in [0.25, 0.3) is 0 Å². The largest absolute Gasteiger partial charge is 0.468 e. The summed E-state index contributed by atoms with van der Waals surface area (Å²) in [5.74, 6) is 0.460. The minimum Gasteiger partial charge on any atom is -0.468 e. The number of hydrogen-bond acceptors (Lipinski definition) is 4. The monoisotopic (exact) mass is 309 g/mol. The zero-order valence-corrected chi connectivity index (χ0v) is 14.7. The number of hydrogen-bond donors (Lipinski definition) is 1. The van der Waals surface area contributed by atoms with Crippen LogP contribution in [0, 0.1) is 0 Å². The molecule has 0 aliphatic carbocycles. The molecule has 0 saturated heterocycles. The van der Waals surface area contributed by atoms with Crippen molar-refractivity contribution in [1.82, 2.24) is 5.32 Å². The molecule has 0 amide bonds. The Bertz CT molecular complexity index is 449. The second kappa shape index (κ2) is 7.85. The third-order valence-corrected chi connectivity index (χ3v) is 4.26. The van der Waals surface area contributed by atoms with Gasteiger partial charge in [0.15, 0.2) is 0 Å². The summed E-state index contributed by atoms with van der Waals surface area (Å²) < 4.78 is 4.85. The van der Waals surface area contributed by atoms with Crippen LogP contribution >= 0.6 is 11.8 Å². The van der Waals surface area contributed by atoms with E-state index in [0.29, 0.717) is 5.75 Å². The van der Waals surface area contributed by atoms with E-state index >= 15 is 0 Å². The summed E-state index contributed by atoms with van der Waals surface area (Å²) in [6.07, 6.45) is 0. The average molecular weight is 309 g/mol. The van der Waals surface area contributed by atoms with Gasteiger partial charge >= 0.3 is 5.97 Å². The van der Waals surface area contributed by atoms with Crippen LogP contribution < -0.4 is 5.32 Å². The second-order valence-corrected chi connectivity index (χ2v) is 7.58. The van der Waals surface area contributed by atoms with Gasteiger partial charge in [0.1, 0.15) is 6.04 Å². The topological polar surface area (TPSA) is 38.3 Å². The lowest BCUT2D eigenvalue weighted by Gasteiger charge is -2.20. The minimum atomic E-state index is -0.276. The fraction of sp³-hybridized carbons (Fsp3) is 0.588. The number of rotatable bonds is 6. The molecule has 1 unspecified atom stereocenters. The highest BCUT2D eigenvalue weighted by atomic mass is 32.2. The summed E-state index contributed by atoms with van der Waals surface area (Å²) in [5.41, 5.74) is 1.48. The highest BCUT2D eigenvalue weighted by Crippen LogP contribution is 2.26. The molecule has 4 heteroatoms. The molecule has 1 rings (SSSR count). The Labute approximate surface area is 132 Å². The zero-order valence-electron chi connectivity index (χ0n) is 13.9. The number of thioether (sulfide) groups is 1. The molecule has 0 aliphatic heterocycles. The van der Waals surface area contributed by atoms with Crippen molar-refractivity contribution in [3.8, 4) is 0 Å². The number of methoxy groups -OCH3 is 1. The van der Waals surface area contributed by atoms with Crippen LogP contribution in [0.4, 0.5) is 0 Å². The average Bonchev–Trinajstić information content (AvgIpc) is 2.41. The summed E-state index contributed by atoms with van der Waals surface area (Å²) >= 11 is 1.67. The zero-order chi connectivity index (χ0) is 16.0. The van der Waals surface area contributed by atoms with Gasteiger partial charge in [-0.05, 0) is 23.1 Å². The van der Waals surface area contributed by atoms with Gasteiger partial charge in [-0.3, -0.25) is 4.79 Å². The van der Waals surface area contributed by atoms with Crippen LogP contribution in [-0.4, -0.2) is 30.9 Å². The van der Waals surface area contributed by atoms with Gasteiger partial charge in [0.2, 0.25) is 0 Å². The van der Waals surface area contributed by atoms with Gasteiger partial charge < -0.3 is 10.1 Å². The predicted molar refractivity (Wildman–Crippen MR) is 89.9 cm³/mol. The fourth-order valence-electron chi connectivity index (χ4n) is 1.96. The van der Waals surface area contributed by atoms with E-state index in [1.54, 1.807) is 11.8 Å². The SMILES string of the molecule is COC(=O)C(CSc1ccc(C(C)(C)C)cc1)NC(C)C. The lowest BCUT2D eigenvalue weighted by atomic mass is 9.87. The Kier molecular flexibility index (Phi) is 6.75.